The summed E-state index contributed by atoms with van der Waals surface area (Å²) in [5.74, 6) is 5.06. The fourth-order valence-corrected chi connectivity index (χ4v) is 14.2. The minimum atomic E-state index is -0.686. The molecule has 0 heterocycles. The van der Waals surface area contributed by atoms with Crippen LogP contribution in [0.15, 0.2) is 54.6 Å². The number of methoxy groups -OCH3 is 6. The van der Waals surface area contributed by atoms with Crippen LogP contribution in [0, 0.1) is 0 Å². The van der Waals surface area contributed by atoms with E-state index in [0.717, 1.165) is 53.8 Å². The van der Waals surface area contributed by atoms with E-state index in [1.54, 1.807) is 42.7 Å². The highest BCUT2D eigenvalue weighted by Gasteiger charge is 2.36. The summed E-state index contributed by atoms with van der Waals surface area (Å²) < 4.78 is 41.1. The summed E-state index contributed by atoms with van der Waals surface area (Å²) >= 11 is 0. The second-order valence-electron chi connectivity index (χ2n) is 12.4. The number of rotatable bonds is 19. The van der Waals surface area contributed by atoms with Crippen LogP contribution >= 0.6 is 0 Å². The first-order valence-corrected chi connectivity index (χ1v) is 21.2. The maximum Gasteiger partial charge on any atom is 0.160 e. The minimum absolute atomic E-state index is 0.193. The third-order valence-corrected chi connectivity index (χ3v) is 15.6. The van der Waals surface area contributed by atoms with E-state index in [0.29, 0.717) is 27.1 Å². The molecule has 0 radical (unpaired) electrons. The first-order valence-electron chi connectivity index (χ1n) is 15.8. The van der Waals surface area contributed by atoms with Crippen molar-refractivity contribution in [3.63, 3.8) is 0 Å². The lowest BCUT2D eigenvalue weighted by Gasteiger charge is -2.40. The summed E-state index contributed by atoms with van der Waals surface area (Å²) in [5, 5.41) is 3.91. The zero-order valence-electron chi connectivity index (χ0n) is 29.0. The molecule has 3 aromatic rings. The zero-order chi connectivity index (χ0) is 33.0. The van der Waals surface area contributed by atoms with Gasteiger partial charge in [-0.15, -0.1) is 0 Å². The van der Waals surface area contributed by atoms with Crippen LogP contribution in [0.25, 0.3) is 0 Å². The molecule has 0 aliphatic rings. The summed E-state index contributed by atoms with van der Waals surface area (Å²) in [6, 6.07) is 18.8. The quantitative estimate of drug-likeness (QED) is 0.179. The molecule has 0 fully saturated rings. The molecule has 0 spiro atoms. The third-order valence-electron chi connectivity index (χ3n) is 8.75. The maximum atomic E-state index is 6.81. The Morgan fingerprint density at radius 2 is 0.800 bits per heavy atom. The maximum absolute atomic E-state index is 6.81. The topological polar surface area (TPSA) is 64.6 Å². The first-order chi connectivity index (χ1) is 21.7. The van der Waals surface area contributed by atoms with Gasteiger partial charge in [0.05, 0.1) is 76.8 Å². The molecule has 0 saturated heterocycles. The number of hydrogen-bond acceptors (Lipinski definition) is 7. The Morgan fingerprint density at radius 3 is 1.02 bits per heavy atom. The Labute approximate surface area is 280 Å². The molecule has 3 atom stereocenters. The fourth-order valence-electron chi connectivity index (χ4n) is 7.09. The summed E-state index contributed by atoms with van der Waals surface area (Å²) in [4.78, 5) is 0. The monoisotopic (exact) mass is 686 g/mol. The highest BCUT2D eigenvalue weighted by Crippen LogP contribution is 2.40. The number of benzene rings is 3. The average molecular weight is 687 g/mol. The van der Waals surface area contributed by atoms with Crippen LogP contribution in [0.3, 0.4) is 0 Å². The summed E-state index contributed by atoms with van der Waals surface area (Å²) in [6.07, 6.45) is 3.10. The van der Waals surface area contributed by atoms with Crippen molar-refractivity contribution >= 4 is 54.6 Å². The Morgan fingerprint density at radius 1 is 0.511 bits per heavy atom. The highest BCUT2D eigenvalue weighted by atomic mass is 28.2. The highest BCUT2D eigenvalue weighted by molar-refractivity contribution is 6.57. The van der Waals surface area contributed by atoms with Crippen LogP contribution in [-0.4, -0.2) is 87.3 Å². The van der Waals surface area contributed by atoms with E-state index < -0.39 is 28.6 Å². The summed E-state index contributed by atoms with van der Waals surface area (Å²) in [6.45, 7) is 7.21. The van der Waals surface area contributed by atoms with Crippen molar-refractivity contribution in [2.45, 2.75) is 62.3 Å². The lowest BCUT2D eigenvalue weighted by atomic mass is 9.87. The molecule has 0 N–H and O–H groups in total. The second-order valence-corrected chi connectivity index (χ2v) is 20.5. The van der Waals surface area contributed by atoms with Crippen LogP contribution in [0.1, 0.15) is 40.0 Å². The van der Waals surface area contributed by atoms with Crippen molar-refractivity contribution in [1.29, 1.82) is 0 Å². The van der Waals surface area contributed by atoms with Crippen LogP contribution in [-0.2, 0) is 4.43 Å². The molecule has 0 amide bonds. The molecular weight excluding hydrogens is 633 g/mol. The van der Waals surface area contributed by atoms with E-state index in [4.69, 9.17) is 32.8 Å². The van der Waals surface area contributed by atoms with Gasteiger partial charge in [-0.3, -0.25) is 0 Å². The number of ether oxygens (including phenoxy) is 6. The second kappa shape index (κ2) is 17.8. The molecule has 7 nitrogen and oxygen atoms in total. The molecule has 3 rings (SSSR count). The van der Waals surface area contributed by atoms with Crippen LogP contribution in [0.2, 0.25) is 16.6 Å². The molecule has 3 aromatic carbocycles. The first kappa shape index (κ1) is 36.8. The van der Waals surface area contributed by atoms with Crippen molar-refractivity contribution in [3.05, 3.63) is 54.6 Å². The van der Waals surface area contributed by atoms with Gasteiger partial charge < -0.3 is 32.8 Å². The van der Waals surface area contributed by atoms with Crippen molar-refractivity contribution in [2.24, 2.45) is 0 Å². The van der Waals surface area contributed by atoms with Gasteiger partial charge in [-0.2, -0.15) is 0 Å². The van der Waals surface area contributed by atoms with Crippen molar-refractivity contribution in [3.8, 4) is 34.5 Å². The predicted molar refractivity (Wildman–Crippen MR) is 199 cm³/mol. The Bertz CT molecular complexity index is 1200. The van der Waals surface area contributed by atoms with Gasteiger partial charge in [0.25, 0.3) is 0 Å². The van der Waals surface area contributed by atoms with Crippen molar-refractivity contribution < 1.29 is 32.8 Å². The van der Waals surface area contributed by atoms with Gasteiger partial charge in [0.2, 0.25) is 0 Å². The molecule has 0 aliphatic heterocycles. The summed E-state index contributed by atoms with van der Waals surface area (Å²) in [7, 11) is 8.97. The molecule has 248 valence electrons. The van der Waals surface area contributed by atoms with Gasteiger partial charge in [0, 0.05) is 0 Å². The average Bonchev–Trinajstić information content (AvgIpc) is 3.03. The standard InChI is InChI=1S/C34H54O7Si4/c1-22(43-28-16-10-13-25(35-4)31(28)38-7)19-34(41-42,20-23(2)44-29-17-11-14-26(36-5)32(29)39-8)21-24(3)45-30-18-12-15-27(37-6)33(30)40-9/h10-18,22-24H,19-21,43-45H2,1-9,42H3. The van der Waals surface area contributed by atoms with Gasteiger partial charge in [-0.1, -0.05) is 57.2 Å². The van der Waals surface area contributed by atoms with Crippen LogP contribution in [0.5, 0.6) is 34.5 Å². The van der Waals surface area contributed by atoms with Gasteiger partial charge in [0.1, 0.15) is 10.5 Å². The lowest BCUT2D eigenvalue weighted by molar-refractivity contribution is 0.0488. The minimum Gasteiger partial charge on any atom is -0.493 e. The SMILES string of the molecule is COc1cccc([SiH2]C(C)CC(CC(C)[SiH2]c2cccc(OC)c2OC)(CC(C)[SiH2]c2cccc(OC)c2OC)O[SiH3])c1OC. The Hall–Kier alpha value is -2.71. The van der Waals surface area contributed by atoms with E-state index in [1.165, 1.54) is 15.6 Å². The third kappa shape index (κ3) is 9.64. The predicted octanol–water partition coefficient (Wildman–Crippen LogP) is 2.15. The molecule has 3 unspecified atom stereocenters. The molecule has 0 bridgehead atoms. The normalized spacial score (nSPS) is 15.4. The van der Waals surface area contributed by atoms with Crippen LogP contribution in [0.4, 0.5) is 0 Å². The largest absolute Gasteiger partial charge is 0.493 e. The van der Waals surface area contributed by atoms with Crippen molar-refractivity contribution in [1.82, 2.24) is 0 Å². The van der Waals surface area contributed by atoms with E-state index >= 15 is 0 Å². The van der Waals surface area contributed by atoms with Gasteiger partial charge >= 0.3 is 0 Å². The molecule has 45 heavy (non-hydrogen) atoms. The molecule has 0 saturated carbocycles. The summed E-state index contributed by atoms with van der Waals surface area (Å²) in [5.41, 5.74) is 1.35. The molecule has 11 heteroatoms. The van der Waals surface area contributed by atoms with E-state index in [1.807, 2.05) is 18.2 Å². The number of para-hydroxylation sites is 3. The van der Waals surface area contributed by atoms with E-state index in [2.05, 4.69) is 57.2 Å². The Kier molecular flexibility index (Phi) is 14.6. The van der Waals surface area contributed by atoms with Crippen molar-refractivity contribution in [2.75, 3.05) is 42.7 Å². The fraction of sp³-hybridized carbons (Fsp3) is 0.471. The van der Waals surface area contributed by atoms with Gasteiger partial charge in [0.15, 0.2) is 34.5 Å². The van der Waals surface area contributed by atoms with E-state index in [9.17, 15) is 0 Å². The van der Waals surface area contributed by atoms with Crippen LogP contribution < -0.4 is 44.0 Å². The van der Waals surface area contributed by atoms with Gasteiger partial charge in [-0.25, -0.2) is 0 Å². The molecule has 0 aliphatic carbocycles. The smallest absolute Gasteiger partial charge is 0.160 e. The Balaban J connectivity index is 1.91. The zero-order valence-corrected chi connectivity index (χ0v) is 35.3. The number of hydrogen-bond donors (Lipinski definition) is 0. The van der Waals surface area contributed by atoms with Gasteiger partial charge in [-0.05, 0) is 69.6 Å². The molecule has 0 aromatic heterocycles. The van der Waals surface area contributed by atoms with E-state index in [-0.39, 0.29) is 5.60 Å². The lowest BCUT2D eigenvalue weighted by Crippen LogP contribution is -2.40. The molecular formula is C34H54O7Si4.